The fourth-order valence-electron chi connectivity index (χ4n) is 2.32. The van der Waals surface area contributed by atoms with E-state index in [0.29, 0.717) is 0 Å². The zero-order chi connectivity index (χ0) is 19.3. The molecule has 0 amide bonds. The molecule has 2 heterocycles. The Morgan fingerprint density at radius 3 is 2.73 bits per heavy atom. The number of fused-ring (bicyclic) bond motifs is 1. The van der Waals surface area contributed by atoms with Crippen LogP contribution in [0.3, 0.4) is 0 Å². The summed E-state index contributed by atoms with van der Waals surface area (Å²) < 4.78 is 31.7. The molecule has 1 aliphatic rings. The number of aromatic amines is 1. The van der Waals surface area contributed by atoms with Crippen molar-refractivity contribution >= 4 is 29.1 Å². The Balaban J connectivity index is 0.000000298. The predicted octanol–water partition coefficient (Wildman–Crippen LogP) is 3.20. The van der Waals surface area contributed by atoms with Crippen LogP contribution < -0.4 is 5.56 Å². The molecule has 0 unspecified atom stereocenters. The molecular weight excluding hydrogens is 391 g/mol. The molecule has 2 N–H and O–H groups in total. The van der Waals surface area contributed by atoms with Gasteiger partial charge in [-0.25, -0.2) is 14.8 Å². The van der Waals surface area contributed by atoms with Crippen molar-refractivity contribution < 1.29 is 23.1 Å². The summed E-state index contributed by atoms with van der Waals surface area (Å²) >= 11 is 3.26. The smallest absolute Gasteiger partial charge is 0.475 e. The standard InChI is InChI=1S/C13H15N3OS2.C2HF3O2/c1-2-9-11(19-7-14-9)6-18-13-15-10-5-3-4-8(10)12(17)16-13;3-2(4,5)1(6)7/h7H,2-6H2,1H3,(H,15,16,17);(H,6,7). The van der Waals surface area contributed by atoms with Gasteiger partial charge in [0.1, 0.15) is 0 Å². The van der Waals surface area contributed by atoms with Crippen molar-refractivity contribution in [2.75, 3.05) is 0 Å². The highest BCUT2D eigenvalue weighted by atomic mass is 32.2. The number of carboxylic acid groups (broad SMARTS) is 1. The predicted molar refractivity (Wildman–Crippen MR) is 91.6 cm³/mol. The molecule has 2 aromatic heterocycles. The Labute approximate surface area is 154 Å². The largest absolute Gasteiger partial charge is 0.490 e. The number of aliphatic carboxylic acids is 1. The highest BCUT2D eigenvalue weighted by molar-refractivity contribution is 7.98. The molecule has 0 aromatic carbocycles. The van der Waals surface area contributed by atoms with E-state index in [2.05, 4.69) is 21.9 Å². The number of carboxylic acids is 1. The number of H-pyrrole nitrogens is 1. The van der Waals surface area contributed by atoms with Gasteiger partial charge in [-0.15, -0.1) is 11.3 Å². The quantitative estimate of drug-likeness (QED) is 0.597. The van der Waals surface area contributed by atoms with Crippen LogP contribution in [0.4, 0.5) is 13.2 Å². The molecule has 26 heavy (non-hydrogen) atoms. The molecule has 0 saturated heterocycles. The number of halogens is 3. The third kappa shape index (κ3) is 5.31. The van der Waals surface area contributed by atoms with Crippen LogP contribution in [0.1, 0.15) is 35.2 Å². The first-order valence-electron chi connectivity index (χ1n) is 7.68. The second kappa shape index (κ2) is 8.67. The van der Waals surface area contributed by atoms with E-state index in [1.165, 1.54) is 4.88 Å². The van der Waals surface area contributed by atoms with Crippen LogP contribution in [0, 0.1) is 0 Å². The number of rotatable bonds is 4. The van der Waals surface area contributed by atoms with Crippen molar-refractivity contribution in [3.63, 3.8) is 0 Å². The molecule has 0 bridgehead atoms. The van der Waals surface area contributed by atoms with Crippen LogP contribution in [-0.4, -0.2) is 32.2 Å². The van der Waals surface area contributed by atoms with Gasteiger partial charge >= 0.3 is 12.1 Å². The van der Waals surface area contributed by atoms with E-state index < -0.39 is 12.1 Å². The Morgan fingerprint density at radius 2 is 2.12 bits per heavy atom. The first kappa shape index (κ1) is 20.4. The number of hydrogen-bond acceptors (Lipinski definition) is 6. The summed E-state index contributed by atoms with van der Waals surface area (Å²) in [6.07, 6.45) is -1.27. The number of hydrogen-bond donors (Lipinski definition) is 2. The first-order valence-corrected chi connectivity index (χ1v) is 9.55. The number of thioether (sulfide) groups is 1. The molecule has 2 aromatic rings. The van der Waals surface area contributed by atoms with Gasteiger partial charge in [0.2, 0.25) is 0 Å². The average molecular weight is 407 g/mol. The first-order chi connectivity index (χ1) is 12.2. The maximum atomic E-state index is 11.9. The van der Waals surface area contributed by atoms with Crippen molar-refractivity contribution in [1.82, 2.24) is 15.0 Å². The van der Waals surface area contributed by atoms with Crippen LogP contribution in [0.15, 0.2) is 15.5 Å². The molecule has 0 radical (unpaired) electrons. The topological polar surface area (TPSA) is 95.9 Å². The van der Waals surface area contributed by atoms with Crippen LogP contribution >= 0.6 is 23.1 Å². The lowest BCUT2D eigenvalue weighted by Crippen LogP contribution is -2.21. The summed E-state index contributed by atoms with van der Waals surface area (Å²) in [4.78, 5) is 33.9. The summed E-state index contributed by atoms with van der Waals surface area (Å²) in [7, 11) is 0. The number of carbonyl (C=O) groups is 1. The minimum atomic E-state index is -5.08. The number of aromatic nitrogens is 3. The zero-order valence-electron chi connectivity index (χ0n) is 13.7. The van der Waals surface area contributed by atoms with Gasteiger partial charge in [-0.05, 0) is 25.7 Å². The summed E-state index contributed by atoms with van der Waals surface area (Å²) in [5, 5.41) is 7.86. The zero-order valence-corrected chi connectivity index (χ0v) is 15.4. The Kier molecular flexibility index (Phi) is 6.81. The van der Waals surface area contributed by atoms with Gasteiger partial charge in [0, 0.05) is 16.2 Å². The molecule has 0 aliphatic heterocycles. The molecule has 0 fully saturated rings. The molecule has 0 saturated carbocycles. The molecular formula is C15H16F3N3O3S2. The van der Waals surface area contributed by atoms with E-state index in [1.807, 2.05) is 5.51 Å². The van der Waals surface area contributed by atoms with Gasteiger partial charge in [0.05, 0.1) is 16.9 Å². The summed E-state index contributed by atoms with van der Waals surface area (Å²) in [5.41, 5.74) is 4.96. The van der Waals surface area contributed by atoms with Crippen molar-refractivity contribution in [3.05, 3.63) is 37.7 Å². The molecule has 142 valence electrons. The molecule has 1 aliphatic carbocycles. The van der Waals surface area contributed by atoms with Crippen molar-refractivity contribution in [2.45, 2.75) is 49.7 Å². The number of aryl methyl sites for hydroxylation is 2. The number of alkyl halides is 3. The number of nitrogens with one attached hydrogen (secondary N) is 1. The summed E-state index contributed by atoms with van der Waals surface area (Å²) in [6.45, 7) is 2.11. The van der Waals surface area contributed by atoms with Gasteiger partial charge < -0.3 is 10.1 Å². The molecule has 0 atom stereocenters. The average Bonchev–Trinajstić information content (AvgIpc) is 3.21. The van der Waals surface area contributed by atoms with Crippen molar-refractivity contribution in [2.24, 2.45) is 0 Å². The molecule has 0 spiro atoms. The van der Waals surface area contributed by atoms with Crippen molar-refractivity contribution in [1.29, 1.82) is 0 Å². The van der Waals surface area contributed by atoms with E-state index in [4.69, 9.17) is 9.90 Å². The summed E-state index contributed by atoms with van der Waals surface area (Å²) in [5.74, 6) is -1.93. The Hall–Kier alpha value is -1.88. The number of thiazole rings is 1. The highest BCUT2D eigenvalue weighted by Crippen LogP contribution is 2.25. The minimum absolute atomic E-state index is 0.0463. The molecule has 3 rings (SSSR count). The number of nitrogens with zero attached hydrogens (tertiary/aromatic N) is 2. The third-order valence-corrected chi connectivity index (χ3v) is 5.52. The maximum absolute atomic E-state index is 11.9. The van der Waals surface area contributed by atoms with E-state index in [9.17, 15) is 18.0 Å². The Morgan fingerprint density at radius 1 is 1.42 bits per heavy atom. The van der Waals surface area contributed by atoms with Crippen LogP contribution in [0.2, 0.25) is 0 Å². The van der Waals surface area contributed by atoms with Crippen molar-refractivity contribution in [3.8, 4) is 0 Å². The lowest BCUT2D eigenvalue weighted by atomic mass is 10.3. The fraction of sp³-hybridized carbons (Fsp3) is 0.467. The highest BCUT2D eigenvalue weighted by Gasteiger charge is 2.38. The van der Waals surface area contributed by atoms with Crippen LogP contribution in [0.25, 0.3) is 0 Å². The van der Waals surface area contributed by atoms with E-state index in [0.717, 1.165) is 53.5 Å². The van der Waals surface area contributed by atoms with E-state index in [-0.39, 0.29) is 5.56 Å². The van der Waals surface area contributed by atoms with Gasteiger partial charge in [-0.3, -0.25) is 4.79 Å². The van der Waals surface area contributed by atoms with Gasteiger partial charge in [0.15, 0.2) is 5.16 Å². The molecule has 11 heteroatoms. The van der Waals surface area contributed by atoms with Gasteiger partial charge in [-0.2, -0.15) is 13.2 Å². The van der Waals surface area contributed by atoms with E-state index in [1.54, 1.807) is 23.1 Å². The van der Waals surface area contributed by atoms with Crippen LogP contribution in [0.5, 0.6) is 0 Å². The summed E-state index contributed by atoms with van der Waals surface area (Å²) in [6, 6.07) is 0. The fourth-order valence-corrected chi connectivity index (χ4v) is 4.18. The monoisotopic (exact) mass is 407 g/mol. The SMILES string of the molecule is CCc1ncsc1CSc1nc2c(c(=O)[nH]1)CCC2.O=C(O)C(F)(F)F. The maximum Gasteiger partial charge on any atom is 0.490 e. The normalized spacial score (nSPS) is 13.1. The van der Waals surface area contributed by atoms with E-state index >= 15 is 0 Å². The van der Waals surface area contributed by atoms with Gasteiger partial charge in [-0.1, -0.05) is 18.7 Å². The van der Waals surface area contributed by atoms with Gasteiger partial charge in [0.25, 0.3) is 5.56 Å². The second-order valence-corrected chi connectivity index (χ2v) is 7.22. The lowest BCUT2D eigenvalue weighted by Gasteiger charge is -2.03. The van der Waals surface area contributed by atoms with Crippen LogP contribution in [-0.2, 0) is 29.8 Å². The molecule has 6 nitrogen and oxygen atoms in total. The lowest BCUT2D eigenvalue weighted by molar-refractivity contribution is -0.192. The Bertz CT molecular complexity index is 834. The minimum Gasteiger partial charge on any atom is -0.475 e. The third-order valence-electron chi connectivity index (χ3n) is 3.56. The second-order valence-electron chi connectivity index (χ2n) is 5.32.